The van der Waals surface area contributed by atoms with Gasteiger partial charge in [0.25, 0.3) is 0 Å². The lowest BCUT2D eigenvalue weighted by Crippen LogP contribution is -2.15. The molecule has 1 fully saturated rings. The van der Waals surface area contributed by atoms with E-state index < -0.39 is 28.6 Å². The molecule has 2 rings (SSSR count). The van der Waals surface area contributed by atoms with Crippen molar-refractivity contribution in [3.63, 3.8) is 0 Å². The molecule has 1 unspecified atom stereocenters. The van der Waals surface area contributed by atoms with E-state index in [1.807, 2.05) is 0 Å². The summed E-state index contributed by atoms with van der Waals surface area (Å²) in [7, 11) is 0. The zero-order valence-electron chi connectivity index (χ0n) is 8.65. The molecule has 1 heterocycles. The number of benzene rings is 1. The van der Waals surface area contributed by atoms with Crippen molar-refractivity contribution in [2.24, 2.45) is 0 Å². The van der Waals surface area contributed by atoms with Crippen LogP contribution in [-0.4, -0.2) is 22.0 Å². The van der Waals surface area contributed by atoms with Gasteiger partial charge in [-0.1, -0.05) is 6.07 Å². The summed E-state index contributed by atoms with van der Waals surface area (Å²) in [5.41, 5.74) is -0.656. The normalized spacial score (nSPS) is 24.6. The first kappa shape index (κ1) is 12.6. The molecule has 0 bridgehead atoms. The summed E-state index contributed by atoms with van der Waals surface area (Å²) >= 11 is -2.60. The van der Waals surface area contributed by atoms with Crippen molar-refractivity contribution < 1.29 is 26.5 Å². The largest absolute Gasteiger partial charge is 0.750 e. The van der Waals surface area contributed by atoms with Crippen LogP contribution in [0, 0.1) is 11.6 Å². The summed E-state index contributed by atoms with van der Waals surface area (Å²) < 4.78 is 56.0. The highest BCUT2D eigenvalue weighted by Gasteiger charge is 2.47. The SMILES string of the molecule is O=S([O-])OCC[C@@]1(c2ccc(F)cc2F)CO1. The molecule has 1 aromatic carbocycles. The molecule has 94 valence electrons. The fraction of sp³-hybridized carbons (Fsp3) is 0.400. The third-order valence-corrected chi connectivity index (χ3v) is 2.96. The minimum Gasteiger partial charge on any atom is -0.750 e. The molecular weight excluding hydrogens is 254 g/mol. The molecule has 0 N–H and O–H groups in total. The predicted molar refractivity (Wildman–Crippen MR) is 53.5 cm³/mol. The Labute approximate surface area is 99.0 Å². The summed E-state index contributed by atoms with van der Waals surface area (Å²) in [5.74, 6) is -1.37. The lowest BCUT2D eigenvalue weighted by Gasteiger charge is -2.13. The highest BCUT2D eigenvalue weighted by Crippen LogP contribution is 2.43. The van der Waals surface area contributed by atoms with Gasteiger partial charge in [0.2, 0.25) is 0 Å². The standard InChI is InChI=1S/C10H10F2O4S/c11-7-1-2-8(9(12)5-7)10(6-15-10)3-4-16-17(13)14/h1-2,5H,3-4,6H2,(H,13,14)/p-1/t10-/m0/s1. The lowest BCUT2D eigenvalue weighted by molar-refractivity contribution is 0.223. The first-order chi connectivity index (χ1) is 8.03. The van der Waals surface area contributed by atoms with Crippen LogP contribution in [0.25, 0.3) is 0 Å². The predicted octanol–water partition coefficient (Wildman–Crippen LogP) is 1.39. The van der Waals surface area contributed by atoms with E-state index in [4.69, 9.17) is 4.74 Å². The quantitative estimate of drug-likeness (QED) is 0.595. The van der Waals surface area contributed by atoms with Crippen LogP contribution in [0.4, 0.5) is 8.78 Å². The highest BCUT2D eigenvalue weighted by atomic mass is 32.2. The van der Waals surface area contributed by atoms with E-state index >= 15 is 0 Å². The van der Waals surface area contributed by atoms with Crippen LogP contribution in [0.1, 0.15) is 12.0 Å². The van der Waals surface area contributed by atoms with Gasteiger partial charge in [0.05, 0.1) is 24.6 Å². The minimum atomic E-state index is -2.60. The summed E-state index contributed by atoms with van der Waals surface area (Å²) in [4.78, 5) is 0. The zero-order chi connectivity index (χ0) is 12.5. The molecule has 0 amide bonds. The average molecular weight is 263 g/mol. The topological polar surface area (TPSA) is 61.9 Å². The van der Waals surface area contributed by atoms with Crippen molar-refractivity contribution in [3.05, 3.63) is 35.4 Å². The first-order valence-electron chi connectivity index (χ1n) is 4.85. The van der Waals surface area contributed by atoms with E-state index in [1.54, 1.807) is 0 Å². The Morgan fingerprint density at radius 2 is 2.24 bits per heavy atom. The monoisotopic (exact) mass is 263 g/mol. The maximum Gasteiger partial charge on any atom is 0.132 e. The molecule has 1 aromatic rings. The van der Waals surface area contributed by atoms with Gasteiger partial charge in [-0.15, -0.1) is 0 Å². The van der Waals surface area contributed by atoms with Gasteiger partial charge in [0.15, 0.2) is 0 Å². The molecule has 17 heavy (non-hydrogen) atoms. The van der Waals surface area contributed by atoms with Gasteiger partial charge in [-0.25, -0.2) is 13.0 Å². The summed E-state index contributed by atoms with van der Waals surface area (Å²) in [6, 6.07) is 3.20. The van der Waals surface area contributed by atoms with Crippen LogP contribution in [-0.2, 0) is 25.9 Å². The van der Waals surface area contributed by atoms with Gasteiger partial charge >= 0.3 is 0 Å². The Hall–Kier alpha value is -0.890. The zero-order valence-corrected chi connectivity index (χ0v) is 9.47. The molecule has 0 aromatic heterocycles. The van der Waals surface area contributed by atoms with Crippen LogP contribution in [0.2, 0.25) is 0 Å². The lowest BCUT2D eigenvalue weighted by atomic mass is 9.96. The summed E-state index contributed by atoms with van der Waals surface area (Å²) in [6.45, 7) is 0.164. The van der Waals surface area contributed by atoms with Crippen LogP contribution in [0.3, 0.4) is 0 Å². The highest BCUT2D eigenvalue weighted by molar-refractivity contribution is 7.74. The average Bonchev–Trinajstić information content (AvgIpc) is 2.98. The van der Waals surface area contributed by atoms with E-state index in [9.17, 15) is 17.5 Å². The second-order valence-corrected chi connectivity index (χ2v) is 4.33. The minimum absolute atomic E-state index is 0.104. The van der Waals surface area contributed by atoms with Crippen LogP contribution in [0.5, 0.6) is 0 Å². The Morgan fingerprint density at radius 3 is 2.76 bits per heavy atom. The van der Waals surface area contributed by atoms with Crippen molar-refractivity contribution in [1.82, 2.24) is 0 Å². The maximum atomic E-state index is 13.5. The van der Waals surface area contributed by atoms with E-state index in [0.717, 1.165) is 12.1 Å². The molecular formula is C10H9F2O4S-. The van der Waals surface area contributed by atoms with Crippen molar-refractivity contribution >= 4 is 11.4 Å². The second-order valence-electron chi connectivity index (χ2n) is 3.68. The molecule has 4 nitrogen and oxygen atoms in total. The molecule has 0 spiro atoms. The third-order valence-electron chi connectivity index (χ3n) is 2.60. The summed E-state index contributed by atoms with van der Waals surface area (Å²) in [6.07, 6.45) is 0.198. The number of epoxide rings is 1. The molecule has 1 aliphatic heterocycles. The van der Waals surface area contributed by atoms with E-state index in [0.29, 0.717) is 0 Å². The van der Waals surface area contributed by atoms with Gasteiger partial charge in [-0.05, 0) is 6.07 Å². The maximum absolute atomic E-state index is 13.5. The van der Waals surface area contributed by atoms with Crippen molar-refractivity contribution in [1.29, 1.82) is 0 Å². The second kappa shape index (κ2) is 4.77. The molecule has 7 heteroatoms. The smallest absolute Gasteiger partial charge is 0.132 e. The Morgan fingerprint density at radius 1 is 1.53 bits per heavy atom. The molecule has 1 aliphatic rings. The van der Waals surface area contributed by atoms with Gasteiger partial charge in [-0.2, -0.15) is 0 Å². The molecule has 0 radical (unpaired) electrons. The van der Waals surface area contributed by atoms with E-state index in [1.165, 1.54) is 6.07 Å². The Balaban J connectivity index is 2.07. The van der Waals surface area contributed by atoms with Crippen molar-refractivity contribution in [3.8, 4) is 0 Å². The number of halogens is 2. The molecule has 0 saturated carbocycles. The van der Waals surface area contributed by atoms with Crippen LogP contribution in [0.15, 0.2) is 18.2 Å². The van der Waals surface area contributed by atoms with Gasteiger partial charge in [0, 0.05) is 18.1 Å². The van der Waals surface area contributed by atoms with Crippen LogP contribution < -0.4 is 0 Å². The van der Waals surface area contributed by atoms with E-state index in [2.05, 4.69) is 4.18 Å². The number of hydrogen-bond acceptors (Lipinski definition) is 4. The van der Waals surface area contributed by atoms with E-state index in [-0.39, 0.29) is 25.2 Å². The fourth-order valence-corrected chi connectivity index (χ4v) is 1.87. The summed E-state index contributed by atoms with van der Waals surface area (Å²) in [5, 5.41) is 0. The molecule has 1 saturated heterocycles. The van der Waals surface area contributed by atoms with Crippen molar-refractivity contribution in [2.45, 2.75) is 12.0 Å². The number of hydrogen-bond donors (Lipinski definition) is 0. The molecule has 2 atom stereocenters. The Kier molecular flexibility index (Phi) is 3.53. The van der Waals surface area contributed by atoms with Gasteiger partial charge in [0.1, 0.15) is 17.2 Å². The first-order valence-corrected chi connectivity index (χ1v) is 5.85. The number of rotatable bonds is 5. The number of ether oxygens (including phenoxy) is 1. The third kappa shape index (κ3) is 2.86. The Bertz CT molecular complexity index is 448. The van der Waals surface area contributed by atoms with Crippen LogP contribution >= 0.6 is 0 Å². The molecule has 0 aliphatic carbocycles. The van der Waals surface area contributed by atoms with Crippen molar-refractivity contribution in [2.75, 3.05) is 13.2 Å². The fourth-order valence-electron chi connectivity index (χ4n) is 1.66. The van der Waals surface area contributed by atoms with Gasteiger partial charge in [-0.3, -0.25) is 0 Å². The van der Waals surface area contributed by atoms with Gasteiger partial charge < -0.3 is 13.5 Å².